The molecule has 19 heavy (non-hydrogen) atoms. The van der Waals surface area contributed by atoms with Crippen LogP contribution in [-0.2, 0) is 20.7 Å². The second-order valence-electron chi connectivity index (χ2n) is 4.90. The number of amides is 1. The number of hydrogen-bond acceptors (Lipinski definition) is 3. The number of nitrogens with one attached hydrogen (secondary N) is 1. The van der Waals surface area contributed by atoms with Crippen molar-refractivity contribution in [3.63, 3.8) is 0 Å². The molecule has 2 rings (SSSR count). The van der Waals surface area contributed by atoms with Crippen LogP contribution in [0.3, 0.4) is 0 Å². The van der Waals surface area contributed by atoms with E-state index in [0.717, 1.165) is 12.8 Å². The van der Waals surface area contributed by atoms with Crippen molar-refractivity contribution in [1.29, 1.82) is 0 Å². The maximum atomic E-state index is 12.1. The van der Waals surface area contributed by atoms with Gasteiger partial charge in [-0.15, -0.1) is 0 Å². The van der Waals surface area contributed by atoms with Crippen molar-refractivity contribution >= 4 is 17.6 Å². The van der Waals surface area contributed by atoms with Gasteiger partial charge in [0.15, 0.2) is 0 Å². The van der Waals surface area contributed by atoms with Crippen LogP contribution in [0.25, 0.3) is 0 Å². The molecule has 1 aliphatic heterocycles. The molecule has 1 aromatic rings. The monoisotopic (exact) mass is 263 g/mol. The van der Waals surface area contributed by atoms with Gasteiger partial charge >= 0.3 is 5.97 Å². The summed E-state index contributed by atoms with van der Waals surface area (Å²) in [5.74, 6) is -1.03. The van der Waals surface area contributed by atoms with Crippen LogP contribution in [0.5, 0.6) is 0 Å². The summed E-state index contributed by atoms with van der Waals surface area (Å²) < 4.78 is 5.46. The molecule has 1 aliphatic rings. The van der Waals surface area contributed by atoms with Gasteiger partial charge in [0.25, 0.3) is 5.91 Å². The number of carbonyl (C=O) groups excluding carboxylic acids is 1. The average molecular weight is 263 g/mol. The Kier molecular flexibility index (Phi) is 3.85. The zero-order valence-corrected chi connectivity index (χ0v) is 10.8. The molecule has 0 aliphatic carbocycles. The lowest BCUT2D eigenvalue weighted by molar-refractivity contribution is -0.136. The van der Waals surface area contributed by atoms with Gasteiger partial charge in [0, 0.05) is 12.3 Å². The number of carboxylic acid groups (broad SMARTS) is 1. The molecule has 1 heterocycles. The molecule has 0 spiro atoms. The number of rotatable bonds is 4. The first-order chi connectivity index (χ1) is 8.99. The molecule has 1 fully saturated rings. The smallest absolute Gasteiger partial charge is 0.307 e. The van der Waals surface area contributed by atoms with E-state index in [1.54, 1.807) is 31.2 Å². The average Bonchev–Trinajstić information content (AvgIpc) is 2.79. The highest BCUT2D eigenvalue weighted by Crippen LogP contribution is 2.26. The van der Waals surface area contributed by atoms with E-state index in [4.69, 9.17) is 9.84 Å². The molecular formula is C14H17NO4. The third-order valence-electron chi connectivity index (χ3n) is 3.27. The lowest BCUT2D eigenvalue weighted by atomic mass is 10.0. The van der Waals surface area contributed by atoms with Crippen molar-refractivity contribution in [1.82, 2.24) is 0 Å². The molecule has 0 saturated carbocycles. The fourth-order valence-corrected chi connectivity index (χ4v) is 2.10. The summed E-state index contributed by atoms with van der Waals surface area (Å²) in [6.45, 7) is 2.40. The van der Waals surface area contributed by atoms with Gasteiger partial charge in [-0.2, -0.15) is 0 Å². The first-order valence-corrected chi connectivity index (χ1v) is 6.26. The topological polar surface area (TPSA) is 75.6 Å². The summed E-state index contributed by atoms with van der Waals surface area (Å²) in [5, 5.41) is 11.5. The quantitative estimate of drug-likeness (QED) is 0.868. The van der Waals surface area contributed by atoms with Gasteiger partial charge in [-0.05, 0) is 37.5 Å². The van der Waals surface area contributed by atoms with Crippen LogP contribution < -0.4 is 5.32 Å². The fourth-order valence-electron chi connectivity index (χ4n) is 2.10. The normalized spacial score (nSPS) is 22.2. The second-order valence-corrected chi connectivity index (χ2v) is 4.90. The van der Waals surface area contributed by atoms with Crippen molar-refractivity contribution in [2.75, 3.05) is 11.9 Å². The van der Waals surface area contributed by atoms with Crippen molar-refractivity contribution in [3.8, 4) is 0 Å². The number of anilines is 1. The minimum atomic E-state index is -0.872. The summed E-state index contributed by atoms with van der Waals surface area (Å²) in [7, 11) is 0. The number of carboxylic acids is 1. The third kappa shape index (κ3) is 3.32. The Morgan fingerprint density at radius 3 is 2.58 bits per heavy atom. The SMILES string of the molecule is CC1(C(=O)Nc2ccc(CC(=O)O)cc2)CCCO1. The molecule has 0 aromatic heterocycles. The first kappa shape index (κ1) is 13.5. The van der Waals surface area contributed by atoms with Crippen LogP contribution in [0.2, 0.25) is 0 Å². The van der Waals surface area contributed by atoms with E-state index in [1.807, 2.05) is 0 Å². The number of carbonyl (C=O) groups is 2. The molecule has 1 atom stereocenters. The fraction of sp³-hybridized carbons (Fsp3) is 0.429. The van der Waals surface area contributed by atoms with E-state index in [1.165, 1.54) is 0 Å². The van der Waals surface area contributed by atoms with Gasteiger partial charge in [-0.3, -0.25) is 9.59 Å². The predicted octanol–water partition coefficient (Wildman–Crippen LogP) is 1.82. The Morgan fingerprint density at radius 2 is 2.05 bits per heavy atom. The van der Waals surface area contributed by atoms with Crippen molar-refractivity contribution in [2.45, 2.75) is 31.8 Å². The van der Waals surface area contributed by atoms with Crippen LogP contribution in [0, 0.1) is 0 Å². The summed E-state index contributed by atoms with van der Waals surface area (Å²) in [5.41, 5.74) is 0.601. The van der Waals surface area contributed by atoms with E-state index in [-0.39, 0.29) is 12.3 Å². The van der Waals surface area contributed by atoms with Crippen molar-refractivity contribution in [2.24, 2.45) is 0 Å². The molecule has 5 nitrogen and oxygen atoms in total. The summed E-state index contributed by atoms with van der Waals surface area (Å²) >= 11 is 0. The van der Waals surface area contributed by atoms with Crippen molar-refractivity contribution in [3.05, 3.63) is 29.8 Å². The zero-order valence-electron chi connectivity index (χ0n) is 10.8. The third-order valence-corrected chi connectivity index (χ3v) is 3.27. The zero-order chi connectivity index (χ0) is 13.9. The van der Waals surface area contributed by atoms with Crippen LogP contribution in [-0.4, -0.2) is 29.2 Å². The molecule has 1 aromatic carbocycles. The van der Waals surface area contributed by atoms with Crippen LogP contribution >= 0.6 is 0 Å². The highest BCUT2D eigenvalue weighted by Gasteiger charge is 2.37. The highest BCUT2D eigenvalue weighted by atomic mass is 16.5. The molecule has 0 bridgehead atoms. The van der Waals surface area contributed by atoms with Crippen molar-refractivity contribution < 1.29 is 19.4 Å². The number of benzene rings is 1. The lowest BCUT2D eigenvalue weighted by Gasteiger charge is -2.21. The van der Waals surface area contributed by atoms with Crippen LogP contribution in [0.4, 0.5) is 5.69 Å². The minimum Gasteiger partial charge on any atom is -0.481 e. The summed E-state index contributed by atoms with van der Waals surface area (Å²) in [4.78, 5) is 22.6. The van der Waals surface area contributed by atoms with Crippen LogP contribution in [0.15, 0.2) is 24.3 Å². The Balaban J connectivity index is 1.99. The van der Waals surface area contributed by atoms with Crippen LogP contribution in [0.1, 0.15) is 25.3 Å². The van der Waals surface area contributed by atoms with E-state index in [2.05, 4.69) is 5.32 Å². The molecule has 102 valence electrons. The van der Waals surface area contributed by atoms with E-state index < -0.39 is 11.6 Å². The molecule has 2 N–H and O–H groups in total. The number of hydrogen-bond donors (Lipinski definition) is 2. The largest absolute Gasteiger partial charge is 0.481 e. The minimum absolute atomic E-state index is 0.0188. The van der Waals surface area contributed by atoms with Gasteiger partial charge in [-0.25, -0.2) is 0 Å². The Morgan fingerprint density at radius 1 is 1.37 bits per heavy atom. The van der Waals surface area contributed by atoms with Gasteiger partial charge in [0.1, 0.15) is 5.60 Å². The van der Waals surface area contributed by atoms with Gasteiger partial charge in [0.05, 0.1) is 6.42 Å². The molecule has 1 amide bonds. The maximum absolute atomic E-state index is 12.1. The molecule has 1 unspecified atom stereocenters. The van der Waals surface area contributed by atoms with Gasteiger partial charge in [-0.1, -0.05) is 12.1 Å². The lowest BCUT2D eigenvalue weighted by Crippen LogP contribution is -2.39. The molecule has 1 saturated heterocycles. The Hall–Kier alpha value is -1.88. The predicted molar refractivity (Wildman–Crippen MR) is 70.0 cm³/mol. The van der Waals surface area contributed by atoms with Gasteiger partial charge in [0.2, 0.25) is 0 Å². The first-order valence-electron chi connectivity index (χ1n) is 6.26. The Labute approximate surface area is 111 Å². The summed E-state index contributed by atoms with van der Waals surface area (Å²) in [6.07, 6.45) is 1.59. The second kappa shape index (κ2) is 5.40. The maximum Gasteiger partial charge on any atom is 0.307 e. The molecule has 0 radical (unpaired) electrons. The summed E-state index contributed by atoms with van der Waals surface area (Å²) in [6, 6.07) is 6.80. The van der Waals surface area contributed by atoms with E-state index in [0.29, 0.717) is 17.9 Å². The molecular weight excluding hydrogens is 246 g/mol. The van der Waals surface area contributed by atoms with Gasteiger partial charge < -0.3 is 15.2 Å². The highest BCUT2D eigenvalue weighted by molar-refractivity contribution is 5.97. The van der Waals surface area contributed by atoms with E-state index in [9.17, 15) is 9.59 Å². The standard InChI is InChI=1S/C14H17NO4/c1-14(7-2-8-19-14)13(18)15-11-5-3-10(4-6-11)9-12(16)17/h3-6H,2,7-9H2,1H3,(H,15,18)(H,16,17). The Bertz CT molecular complexity index is 475. The number of ether oxygens (including phenoxy) is 1. The number of aliphatic carboxylic acids is 1. The molecule has 5 heteroatoms. The van der Waals surface area contributed by atoms with E-state index >= 15 is 0 Å².